The van der Waals surface area contributed by atoms with E-state index in [-0.39, 0.29) is 30.3 Å². The minimum absolute atomic E-state index is 0. The number of halogens is 1. The van der Waals surface area contributed by atoms with E-state index in [4.69, 9.17) is 9.47 Å². The van der Waals surface area contributed by atoms with Crippen LogP contribution in [0.15, 0.2) is 12.1 Å². The molecule has 0 unspecified atom stereocenters. The van der Waals surface area contributed by atoms with Crippen molar-refractivity contribution in [3.63, 3.8) is 0 Å². The highest BCUT2D eigenvalue weighted by molar-refractivity contribution is 5.99. The van der Waals surface area contributed by atoms with E-state index in [2.05, 4.69) is 17.6 Å². The van der Waals surface area contributed by atoms with Crippen molar-refractivity contribution in [1.29, 1.82) is 0 Å². The number of benzene rings is 1. The van der Waals surface area contributed by atoms with E-state index in [1.807, 2.05) is 4.90 Å². The topological polar surface area (TPSA) is 79.9 Å². The SMILES string of the molecule is CCCN(C(=O)c1cc(NC(C)=O)c(OC)c(OC)c1)C1CCNCC1.Cl. The first-order valence-electron chi connectivity index (χ1n) is 9.07. The van der Waals surface area contributed by atoms with E-state index in [9.17, 15) is 9.59 Å². The molecule has 0 saturated carbocycles. The normalized spacial score (nSPS) is 14.1. The second kappa shape index (κ2) is 11.0. The molecule has 2 rings (SSSR count). The molecule has 1 aromatic rings. The average molecular weight is 400 g/mol. The molecule has 1 aliphatic rings. The van der Waals surface area contributed by atoms with Crippen molar-refractivity contribution in [3.05, 3.63) is 17.7 Å². The van der Waals surface area contributed by atoms with E-state index >= 15 is 0 Å². The highest BCUT2D eigenvalue weighted by Gasteiger charge is 2.27. The Morgan fingerprint density at radius 1 is 1.22 bits per heavy atom. The lowest BCUT2D eigenvalue weighted by Gasteiger charge is -2.35. The maximum Gasteiger partial charge on any atom is 0.254 e. The van der Waals surface area contributed by atoms with Crippen LogP contribution in [0.5, 0.6) is 11.5 Å². The fraction of sp³-hybridized carbons (Fsp3) is 0.579. The zero-order valence-corrected chi connectivity index (χ0v) is 17.3. The Labute approximate surface area is 167 Å². The fourth-order valence-electron chi connectivity index (χ4n) is 3.35. The van der Waals surface area contributed by atoms with Crippen LogP contribution in [0.25, 0.3) is 0 Å². The van der Waals surface area contributed by atoms with Gasteiger partial charge in [-0.05, 0) is 44.5 Å². The van der Waals surface area contributed by atoms with Crippen molar-refractivity contribution in [2.24, 2.45) is 0 Å². The van der Waals surface area contributed by atoms with Gasteiger partial charge in [-0.15, -0.1) is 12.4 Å². The molecule has 0 aromatic heterocycles. The second-order valence-corrected chi connectivity index (χ2v) is 6.42. The molecule has 1 aliphatic heterocycles. The third-order valence-corrected chi connectivity index (χ3v) is 4.51. The Balaban J connectivity index is 0.00000364. The standard InChI is InChI=1S/C19H29N3O4.ClH/c1-5-10-22(15-6-8-20-9-7-15)19(24)14-11-16(21-13(2)23)18(26-4)17(12-14)25-3;/h11-12,15,20H,5-10H2,1-4H3,(H,21,23);1H. The first kappa shape index (κ1) is 23.0. The van der Waals surface area contributed by atoms with Crippen LogP contribution in [-0.2, 0) is 4.79 Å². The van der Waals surface area contributed by atoms with Crippen molar-refractivity contribution in [2.75, 3.05) is 39.2 Å². The Morgan fingerprint density at radius 2 is 1.89 bits per heavy atom. The predicted molar refractivity (Wildman–Crippen MR) is 108 cm³/mol. The molecule has 152 valence electrons. The molecule has 0 spiro atoms. The number of carbonyl (C=O) groups is 2. The molecule has 27 heavy (non-hydrogen) atoms. The van der Waals surface area contributed by atoms with Crippen LogP contribution in [0.4, 0.5) is 5.69 Å². The molecule has 0 atom stereocenters. The Hall–Kier alpha value is -1.99. The molecular weight excluding hydrogens is 370 g/mol. The van der Waals surface area contributed by atoms with Gasteiger partial charge in [0.05, 0.1) is 19.9 Å². The van der Waals surface area contributed by atoms with Crippen LogP contribution in [0.3, 0.4) is 0 Å². The number of hydrogen-bond donors (Lipinski definition) is 2. The van der Waals surface area contributed by atoms with Gasteiger partial charge in [0.25, 0.3) is 5.91 Å². The molecule has 1 saturated heterocycles. The highest BCUT2D eigenvalue weighted by atomic mass is 35.5. The van der Waals surface area contributed by atoms with E-state index in [1.165, 1.54) is 21.1 Å². The van der Waals surface area contributed by atoms with E-state index < -0.39 is 0 Å². The molecule has 8 heteroatoms. The van der Waals surface area contributed by atoms with Crippen LogP contribution in [0.1, 0.15) is 43.5 Å². The predicted octanol–water partition coefficient (Wildman–Crippen LogP) is 2.69. The van der Waals surface area contributed by atoms with E-state index in [1.54, 1.807) is 12.1 Å². The Kier molecular flexibility index (Phi) is 9.38. The summed E-state index contributed by atoms with van der Waals surface area (Å²) >= 11 is 0. The van der Waals surface area contributed by atoms with Gasteiger partial charge in [0, 0.05) is 25.1 Å². The number of hydrogen-bond acceptors (Lipinski definition) is 5. The number of nitrogens with zero attached hydrogens (tertiary/aromatic N) is 1. The molecule has 0 bridgehead atoms. The summed E-state index contributed by atoms with van der Waals surface area (Å²) in [4.78, 5) is 26.7. The van der Waals surface area contributed by atoms with Gasteiger partial charge < -0.3 is 25.0 Å². The Bertz CT molecular complexity index is 648. The van der Waals surface area contributed by atoms with Crippen LogP contribution in [0, 0.1) is 0 Å². The lowest BCUT2D eigenvalue weighted by Crippen LogP contribution is -2.46. The molecule has 7 nitrogen and oxygen atoms in total. The van der Waals surface area contributed by atoms with Crippen LogP contribution in [-0.4, -0.2) is 56.6 Å². The zero-order chi connectivity index (χ0) is 19.1. The molecule has 0 aliphatic carbocycles. The third kappa shape index (κ3) is 5.74. The van der Waals surface area contributed by atoms with Crippen LogP contribution in [0.2, 0.25) is 0 Å². The first-order valence-corrected chi connectivity index (χ1v) is 9.07. The molecule has 2 amide bonds. The van der Waals surface area contributed by atoms with Gasteiger partial charge in [0.1, 0.15) is 0 Å². The van der Waals surface area contributed by atoms with Gasteiger partial charge in [0.15, 0.2) is 11.5 Å². The number of amides is 2. The zero-order valence-electron chi connectivity index (χ0n) is 16.5. The van der Waals surface area contributed by atoms with Gasteiger partial charge in [-0.1, -0.05) is 6.92 Å². The van der Waals surface area contributed by atoms with Gasteiger partial charge in [-0.2, -0.15) is 0 Å². The summed E-state index contributed by atoms with van der Waals surface area (Å²) in [5.74, 6) is 0.539. The van der Waals surface area contributed by atoms with Crippen molar-refractivity contribution in [3.8, 4) is 11.5 Å². The summed E-state index contributed by atoms with van der Waals surface area (Å²) in [6.07, 6.45) is 2.77. The first-order chi connectivity index (χ1) is 12.5. The number of nitrogens with one attached hydrogen (secondary N) is 2. The van der Waals surface area contributed by atoms with Crippen molar-refractivity contribution in [2.45, 2.75) is 39.2 Å². The number of anilines is 1. The summed E-state index contributed by atoms with van der Waals surface area (Å²) < 4.78 is 10.7. The smallest absolute Gasteiger partial charge is 0.254 e. The maximum absolute atomic E-state index is 13.2. The van der Waals surface area contributed by atoms with Crippen LogP contribution >= 0.6 is 12.4 Å². The lowest BCUT2D eigenvalue weighted by atomic mass is 10.0. The highest BCUT2D eigenvalue weighted by Crippen LogP contribution is 2.37. The quantitative estimate of drug-likeness (QED) is 0.736. The summed E-state index contributed by atoms with van der Waals surface area (Å²) in [5.41, 5.74) is 0.919. The number of ether oxygens (including phenoxy) is 2. The molecule has 2 N–H and O–H groups in total. The number of carbonyl (C=O) groups excluding carboxylic acids is 2. The van der Waals surface area contributed by atoms with Crippen molar-refractivity contribution >= 4 is 29.9 Å². The minimum Gasteiger partial charge on any atom is -0.493 e. The monoisotopic (exact) mass is 399 g/mol. The number of piperidine rings is 1. The lowest BCUT2D eigenvalue weighted by molar-refractivity contribution is -0.114. The summed E-state index contributed by atoms with van der Waals surface area (Å²) in [6, 6.07) is 3.56. The molecule has 0 radical (unpaired) electrons. The average Bonchev–Trinajstić information content (AvgIpc) is 2.65. The molecule has 1 heterocycles. The molecule has 1 fully saturated rings. The summed E-state index contributed by atoms with van der Waals surface area (Å²) in [6.45, 7) is 6.02. The van der Waals surface area contributed by atoms with Crippen LogP contribution < -0.4 is 20.1 Å². The largest absolute Gasteiger partial charge is 0.493 e. The fourth-order valence-corrected chi connectivity index (χ4v) is 3.35. The minimum atomic E-state index is -0.237. The number of rotatable bonds is 7. The van der Waals surface area contributed by atoms with Gasteiger partial charge in [-0.25, -0.2) is 0 Å². The molecule has 1 aromatic carbocycles. The van der Waals surface area contributed by atoms with Gasteiger partial charge in [-0.3, -0.25) is 9.59 Å². The van der Waals surface area contributed by atoms with Gasteiger partial charge >= 0.3 is 0 Å². The number of methoxy groups -OCH3 is 2. The Morgan fingerprint density at radius 3 is 2.41 bits per heavy atom. The van der Waals surface area contributed by atoms with Crippen molar-refractivity contribution < 1.29 is 19.1 Å². The maximum atomic E-state index is 13.2. The summed E-state index contributed by atoms with van der Waals surface area (Å²) in [5, 5.41) is 6.05. The summed E-state index contributed by atoms with van der Waals surface area (Å²) in [7, 11) is 3.02. The van der Waals surface area contributed by atoms with E-state index in [0.29, 0.717) is 29.3 Å². The second-order valence-electron chi connectivity index (χ2n) is 6.42. The molecular formula is C19H30ClN3O4. The van der Waals surface area contributed by atoms with Gasteiger partial charge in [0.2, 0.25) is 5.91 Å². The van der Waals surface area contributed by atoms with E-state index in [0.717, 1.165) is 32.4 Å². The van der Waals surface area contributed by atoms with Crippen molar-refractivity contribution in [1.82, 2.24) is 10.2 Å². The third-order valence-electron chi connectivity index (χ3n) is 4.51.